The van der Waals surface area contributed by atoms with Crippen LogP contribution in [0.5, 0.6) is 0 Å². The smallest absolute Gasteiger partial charge is 0.159 e. The van der Waals surface area contributed by atoms with E-state index in [4.69, 9.17) is 0 Å². The molecule has 0 aromatic heterocycles. The number of aryl methyl sites for hydroxylation is 4. The first-order valence-corrected chi connectivity index (χ1v) is 10.5. The summed E-state index contributed by atoms with van der Waals surface area (Å²) in [4.78, 5) is 12.0. The summed E-state index contributed by atoms with van der Waals surface area (Å²) in [6, 6.07) is 21.9. The summed E-state index contributed by atoms with van der Waals surface area (Å²) in [5, 5.41) is 0. The van der Waals surface area contributed by atoms with Gasteiger partial charge in [-0.1, -0.05) is 65.7 Å². The molecule has 0 fully saturated rings. The van der Waals surface area contributed by atoms with Crippen LogP contribution in [0.2, 0.25) is 0 Å². The fourth-order valence-corrected chi connectivity index (χ4v) is 4.48. The van der Waals surface area contributed by atoms with Crippen molar-refractivity contribution in [1.29, 1.82) is 0 Å². The fourth-order valence-electron chi connectivity index (χ4n) is 4.48. The largest absolute Gasteiger partial charge is 0.295 e. The summed E-state index contributed by atoms with van der Waals surface area (Å²) >= 11 is 0. The Hall–Kier alpha value is -2.93. The molecule has 0 heterocycles. The van der Waals surface area contributed by atoms with Gasteiger partial charge in [0.1, 0.15) is 0 Å². The van der Waals surface area contributed by atoms with Crippen LogP contribution in [0.1, 0.15) is 69.1 Å². The lowest BCUT2D eigenvalue weighted by molar-refractivity contribution is 0.101. The molecule has 1 aliphatic rings. The average molecular weight is 381 g/mol. The summed E-state index contributed by atoms with van der Waals surface area (Å²) in [6.07, 6.45) is 3.13. The topological polar surface area (TPSA) is 17.1 Å². The Morgan fingerprint density at radius 1 is 0.759 bits per heavy atom. The van der Waals surface area contributed by atoms with E-state index in [1.54, 1.807) is 6.92 Å². The molecular formula is C28H28O. The standard InChI is InChI=1S/C28H28O/c1-18-8-11-22(12-9-18)28-26-15-13-23(21(4)29)17-24(26)6-5-7-27(28)25-14-10-19(2)16-20(25)3/h8-17H,5-7H2,1-4H3. The van der Waals surface area contributed by atoms with Crippen molar-refractivity contribution in [3.05, 3.63) is 105 Å². The van der Waals surface area contributed by atoms with E-state index in [0.29, 0.717) is 0 Å². The number of hydrogen-bond acceptors (Lipinski definition) is 1. The maximum Gasteiger partial charge on any atom is 0.159 e. The van der Waals surface area contributed by atoms with Crippen LogP contribution in [0.4, 0.5) is 0 Å². The summed E-state index contributed by atoms with van der Waals surface area (Å²) in [5.41, 5.74) is 12.6. The number of Topliss-reactive ketones (excluding diaryl/α,β-unsaturated/α-hetero) is 1. The number of allylic oxidation sites excluding steroid dienone is 1. The summed E-state index contributed by atoms with van der Waals surface area (Å²) in [5.74, 6) is 0.132. The molecule has 0 radical (unpaired) electrons. The molecule has 3 aromatic carbocycles. The van der Waals surface area contributed by atoms with E-state index in [2.05, 4.69) is 75.4 Å². The highest BCUT2D eigenvalue weighted by Crippen LogP contribution is 2.41. The number of carbonyl (C=O) groups excluding carboxylic acids is 1. The molecule has 0 saturated heterocycles. The molecule has 146 valence electrons. The highest BCUT2D eigenvalue weighted by Gasteiger charge is 2.21. The van der Waals surface area contributed by atoms with Crippen LogP contribution < -0.4 is 0 Å². The average Bonchev–Trinajstić information content (AvgIpc) is 2.87. The third kappa shape index (κ3) is 3.82. The Bertz CT molecular complexity index is 1110. The third-order valence-corrected chi connectivity index (χ3v) is 6.00. The number of benzene rings is 3. The monoisotopic (exact) mass is 380 g/mol. The van der Waals surface area contributed by atoms with Gasteiger partial charge in [-0.15, -0.1) is 0 Å². The van der Waals surface area contributed by atoms with Gasteiger partial charge in [0.05, 0.1) is 0 Å². The molecular weight excluding hydrogens is 352 g/mol. The molecule has 0 saturated carbocycles. The maximum absolute atomic E-state index is 12.0. The minimum atomic E-state index is 0.132. The van der Waals surface area contributed by atoms with Crippen LogP contribution in [-0.2, 0) is 6.42 Å². The first-order valence-electron chi connectivity index (χ1n) is 10.5. The van der Waals surface area contributed by atoms with Crippen LogP contribution in [-0.4, -0.2) is 5.78 Å². The van der Waals surface area contributed by atoms with Gasteiger partial charge in [-0.25, -0.2) is 0 Å². The van der Waals surface area contributed by atoms with Gasteiger partial charge in [-0.3, -0.25) is 4.79 Å². The van der Waals surface area contributed by atoms with Gasteiger partial charge in [0, 0.05) is 5.56 Å². The van der Waals surface area contributed by atoms with E-state index in [1.807, 2.05) is 6.07 Å². The quantitative estimate of drug-likeness (QED) is 0.442. The maximum atomic E-state index is 12.0. The van der Waals surface area contributed by atoms with E-state index in [1.165, 1.54) is 50.1 Å². The zero-order chi connectivity index (χ0) is 20.5. The van der Waals surface area contributed by atoms with Gasteiger partial charge >= 0.3 is 0 Å². The molecule has 3 aromatic rings. The zero-order valence-electron chi connectivity index (χ0n) is 17.8. The number of carbonyl (C=O) groups is 1. The number of ketones is 1. The van der Waals surface area contributed by atoms with E-state index >= 15 is 0 Å². The third-order valence-electron chi connectivity index (χ3n) is 6.00. The van der Waals surface area contributed by atoms with Gasteiger partial charge < -0.3 is 0 Å². The highest BCUT2D eigenvalue weighted by molar-refractivity contribution is 6.01. The summed E-state index contributed by atoms with van der Waals surface area (Å²) < 4.78 is 0. The van der Waals surface area contributed by atoms with Gasteiger partial charge in [0.15, 0.2) is 5.78 Å². The van der Waals surface area contributed by atoms with E-state index in [0.717, 1.165) is 24.8 Å². The van der Waals surface area contributed by atoms with Gasteiger partial charge in [0.2, 0.25) is 0 Å². The SMILES string of the molecule is CC(=O)c1ccc2c(c1)CCCC(c1ccc(C)cc1C)=C2c1ccc(C)cc1. The van der Waals surface area contributed by atoms with E-state index in [-0.39, 0.29) is 5.78 Å². The summed E-state index contributed by atoms with van der Waals surface area (Å²) in [7, 11) is 0. The Kier molecular flexibility index (Phi) is 5.24. The van der Waals surface area contributed by atoms with Crippen LogP contribution >= 0.6 is 0 Å². The second-order valence-electron chi connectivity index (χ2n) is 8.32. The molecule has 0 spiro atoms. The van der Waals surface area contributed by atoms with Crippen LogP contribution in [0, 0.1) is 20.8 Å². The molecule has 0 aliphatic heterocycles. The van der Waals surface area contributed by atoms with Gasteiger partial charge in [-0.2, -0.15) is 0 Å². The Labute approximate surface area is 174 Å². The minimum Gasteiger partial charge on any atom is -0.295 e. The Balaban J connectivity index is 2.02. The van der Waals surface area contributed by atoms with Crippen LogP contribution in [0.15, 0.2) is 60.7 Å². The van der Waals surface area contributed by atoms with Gasteiger partial charge in [0.25, 0.3) is 0 Å². The lowest BCUT2D eigenvalue weighted by atomic mass is 9.85. The van der Waals surface area contributed by atoms with Crippen LogP contribution in [0.3, 0.4) is 0 Å². The zero-order valence-corrected chi connectivity index (χ0v) is 17.8. The second-order valence-corrected chi connectivity index (χ2v) is 8.32. The predicted molar refractivity (Wildman–Crippen MR) is 122 cm³/mol. The molecule has 4 rings (SSSR count). The lowest BCUT2D eigenvalue weighted by Crippen LogP contribution is -2.00. The van der Waals surface area contributed by atoms with Crippen molar-refractivity contribution in [3.63, 3.8) is 0 Å². The molecule has 1 nitrogen and oxygen atoms in total. The predicted octanol–water partition coefficient (Wildman–Crippen LogP) is 7.11. The van der Waals surface area contributed by atoms with Crippen molar-refractivity contribution >= 4 is 16.9 Å². The van der Waals surface area contributed by atoms with Gasteiger partial charge in [-0.05, 0) is 92.0 Å². The van der Waals surface area contributed by atoms with Crippen molar-refractivity contribution in [2.75, 3.05) is 0 Å². The number of rotatable bonds is 3. The van der Waals surface area contributed by atoms with Crippen LogP contribution in [0.25, 0.3) is 11.1 Å². The van der Waals surface area contributed by atoms with Crippen molar-refractivity contribution in [1.82, 2.24) is 0 Å². The Morgan fingerprint density at radius 3 is 2.14 bits per heavy atom. The minimum absolute atomic E-state index is 0.132. The Morgan fingerprint density at radius 2 is 1.45 bits per heavy atom. The number of fused-ring (bicyclic) bond motifs is 1. The van der Waals surface area contributed by atoms with Crippen molar-refractivity contribution in [3.8, 4) is 0 Å². The second kappa shape index (κ2) is 7.83. The molecule has 0 atom stereocenters. The molecule has 29 heavy (non-hydrogen) atoms. The van der Waals surface area contributed by atoms with E-state index in [9.17, 15) is 4.79 Å². The molecule has 0 unspecified atom stereocenters. The van der Waals surface area contributed by atoms with Crippen molar-refractivity contribution < 1.29 is 4.79 Å². The first-order chi connectivity index (χ1) is 13.9. The molecule has 0 amide bonds. The summed E-state index contributed by atoms with van der Waals surface area (Å²) in [6.45, 7) is 8.14. The molecule has 1 heteroatoms. The first kappa shape index (κ1) is 19.4. The lowest BCUT2D eigenvalue weighted by Gasteiger charge is -2.19. The number of hydrogen-bond donors (Lipinski definition) is 0. The van der Waals surface area contributed by atoms with Crippen molar-refractivity contribution in [2.45, 2.75) is 47.0 Å². The fraction of sp³-hybridized carbons (Fsp3) is 0.250. The van der Waals surface area contributed by atoms with Crippen molar-refractivity contribution in [2.24, 2.45) is 0 Å². The normalized spacial score (nSPS) is 13.8. The molecule has 0 bridgehead atoms. The van der Waals surface area contributed by atoms with E-state index < -0.39 is 0 Å². The highest BCUT2D eigenvalue weighted by atomic mass is 16.1. The molecule has 1 aliphatic carbocycles. The molecule has 0 N–H and O–H groups in total.